The smallest absolute Gasteiger partial charge is 0.271 e. The molecular weight excluding hydrogens is 432 g/mol. The Bertz CT molecular complexity index is 1580. The average molecular weight is 455 g/mol. The Kier molecular flexibility index (Phi) is 5.26. The first-order chi connectivity index (χ1) is 15.9. The van der Waals surface area contributed by atoms with Crippen LogP contribution in [0.4, 0.5) is 5.69 Å². The largest absolute Gasteiger partial charge is 0.325 e. The lowest BCUT2D eigenvalue weighted by atomic mass is 10.0. The number of carbonyl (C=O) groups excluding carboxylic acids is 1. The molecule has 2 aromatic carbocycles. The first-order valence-electron chi connectivity index (χ1n) is 10.6. The number of hydrogen-bond acceptors (Lipinski definition) is 5. The number of nitrogens with zero attached hydrogens (tertiary/aromatic N) is 3. The van der Waals surface area contributed by atoms with Crippen LogP contribution in [0.5, 0.6) is 0 Å². The van der Waals surface area contributed by atoms with Gasteiger partial charge in [0.2, 0.25) is 5.91 Å². The Balaban J connectivity index is 1.47. The second kappa shape index (κ2) is 8.26. The number of fused-ring (bicyclic) bond motifs is 3. The van der Waals surface area contributed by atoms with E-state index in [4.69, 9.17) is 4.98 Å². The third kappa shape index (κ3) is 4.03. The van der Waals surface area contributed by atoms with Crippen LogP contribution >= 0.6 is 11.3 Å². The highest BCUT2D eigenvalue weighted by Crippen LogP contribution is 2.31. The van der Waals surface area contributed by atoms with E-state index in [9.17, 15) is 9.59 Å². The zero-order chi connectivity index (χ0) is 23.1. The van der Waals surface area contributed by atoms with Gasteiger partial charge in [-0.05, 0) is 62.2 Å². The summed E-state index contributed by atoms with van der Waals surface area (Å²) in [4.78, 5) is 35.6. The predicted molar refractivity (Wildman–Crippen MR) is 134 cm³/mol. The van der Waals surface area contributed by atoms with Crippen molar-refractivity contribution in [1.82, 2.24) is 14.5 Å². The molecule has 6 nitrogen and oxygen atoms in total. The minimum Gasteiger partial charge on any atom is -0.325 e. The third-order valence-electron chi connectivity index (χ3n) is 5.76. The van der Waals surface area contributed by atoms with Gasteiger partial charge in [-0.3, -0.25) is 14.2 Å². The minimum absolute atomic E-state index is 0.106. The fraction of sp³-hybridized carbons (Fsp3) is 0.154. The molecule has 0 aliphatic rings. The van der Waals surface area contributed by atoms with Gasteiger partial charge >= 0.3 is 0 Å². The number of benzene rings is 2. The van der Waals surface area contributed by atoms with Crippen molar-refractivity contribution in [1.29, 1.82) is 0 Å². The maximum atomic E-state index is 13.1. The average Bonchev–Trinajstić information content (AvgIpc) is 3.18. The number of rotatable bonds is 4. The van der Waals surface area contributed by atoms with Crippen molar-refractivity contribution < 1.29 is 4.79 Å². The molecule has 0 radical (unpaired) electrons. The molecule has 0 atom stereocenters. The van der Waals surface area contributed by atoms with Gasteiger partial charge < -0.3 is 5.32 Å². The first-order valence-corrected chi connectivity index (χ1v) is 11.4. The highest BCUT2D eigenvalue weighted by Gasteiger charge is 2.15. The summed E-state index contributed by atoms with van der Waals surface area (Å²) in [6, 6.07) is 17.7. The molecule has 1 N–H and O–H groups in total. The van der Waals surface area contributed by atoms with Crippen molar-refractivity contribution in [3.05, 3.63) is 88.0 Å². The zero-order valence-corrected chi connectivity index (χ0v) is 19.4. The molecule has 164 valence electrons. The molecule has 0 saturated carbocycles. The molecule has 5 aromatic rings. The number of carbonyl (C=O) groups is 1. The van der Waals surface area contributed by atoms with Crippen LogP contribution in [0.3, 0.4) is 0 Å². The van der Waals surface area contributed by atoms with Crippen molar-refractivity contribution in [3.63, 3.8) is 0 Å². The molecular formula is C26H22N4O2S. The lowest BCUT2D eigenvalue weighted by molar-refractivity contribution is -0.116. The van der Waals surface area contributed by atoms with E-state index >= 15 is 0 Å². The number of anilines is 1. The molecule has 1 amide bonds. The van der Waals surface area contributed by atoms with E-state index < -0.39 is 0 Å². The normalized spacial score (nSPS) is 11.2. The molecule has 7 heteroatoms. The van der Waals surface area contributed by atoms with Gasteiger partial charge in [-0.2, -0.15) is 0 Å². The van der Waals surface area contributed by atoms with Crippen molar-refractivity contribution in [2.45, 2.75) is 27.3 Å². The fourth-order valence-electron chi connectivity index (χ4n) is 3.72. The Hall–Kier alpha value is -3.84. The van der Waals surface area contributed by atoms with Crippen LogP contribution in [0.1, 0.15) is 16.7 Å². The van der Waals surface area contributed by atoms with E-state index in [1.165, 1.54) is 33.4 Å². The van der Waals surface area contributed by atoms with E-state index in [2.05, 4.69) is 42.3 Å². The molecule has 0 saturated heterocycles. The maximum Gasteiger partial charge on any atom is 0.271 e. The topological polar surface area (TPSA) is 76.9 Å². The number of hydrogen-bond donors (Lipinski definition) is 1. The van der Waals surface area contributed by atoms with Crippen molar-refractivity contribution in [2.24, 2.45) is 0 Å². The molecule has 0 fully saturated rings. The Labute approximate surface area is 194 Å². The third-order valence-corrected chi connectivity index (χ3v) is 6.84. The highest BCUT2D eigenvalue weighted by molar-refractivity contribution is 7.25. The van der Waals surface area contributed by atoms with Gasteiger partial charge in [0.25, 0.3) is 5.56 Å². The van der Waals surface area contributed by atoms with Crippen LogP contribution in [-0.2, 0) is 11.3 Å². The van der Waals surface area contributed by atoms with E-state index in [1.54, 1.807) is 0 Å². The maximum absolute atomic E-state index is 13.1. The number of nitrogens with one attached hydrogen (secondary N) is 1. The van der Waals surface area contributed by atoms with Gasteiger partial charge in [0.1, 0.15) is 16.1 Å². The van der Waals surface area contributed by atoms with Crippen LogP contribution in [0.2, 0.25) is 0 Å². The standard InChI is InChI=1S/C26H22N4O2S/c1-15-4-8-19(9-5-15)28-22(31)13-30-14-27-23-20-10-11-21(18-7-6-16(2)17(3)12-18)29-25(20)33-24(23)26(30)32/h4-12,14H,13H2,1-3H3,(H,28,31). The molecule has 5 rings (SSSR count). The van der Waals surface area contributed by atoms with Gasteiger partial charge in [-0.15, -0.1) is 11.3 Å². The molecule has 0 aliphatic carbocycles. The van der Waals surface area contributed by atoms with Gasteiger partial charge in [-0.25, -0.2) is 9.97 Å². The van der Waals surface area contributed by atoms with Gasteiger partial charge in [0.15, 0.2) is 0 Å². The summed E-state index contributed by atoms with van der Waals surface area (Å²) >= 11 is 1.31. The number of pyridine rings is 1. The second-order valence-corrected chi connectivity index (χ2v) is 9.22. The number of thiophene rings is 1. The monoisotopic (exact) mass is 454 g/mol. The lowest BCUT2D eigenvalue weighted by Crippen LogP contribution is -2.27. The summed E-state index contributed by atoms with van der Waals surface area (Å²) in [6.45, 7) is 6.04. The van der Waals surface area contributed by atoms with Crippen LogP contribution in [-0.4, -0.2) is 20.4 Å². The quantitative estimate of drug-likeness (QED) is 0.403. The molecule has 0 aliphatic heterocycles. The summed E-state index contributed by atoms with van der Waals surface area (Å²) < 4.78 is 1.84. The highest BCUT2D eigenvalue weighted by atomic mass is 32.1. The molecule has 0 spiro atoms. The van der Waals surface area contributed by atoms with Gasteiger partial charge in [-0.1, -0.05) is 29.8 Å². The molecule has 3 aromatic heterocycles. The fourth-order valence-corrected chi connectivity index (χ4v) is 4.79. The first kappa shape index (κ1) is 21.0. The van der Waals surface area contributed by atoms with Crippen molar-refractivity contribution in [2.75, 3.05) is 5.32 Å². The Morgan fingerprint density at radius 3 is 2.55 bits per heavy atom. The molecule has 0 unspecified atom stereocenters. The summed E-state index contributed by atoms with van der Waals surface area (Å²) in [5.41, 5.74) is 6.52. The lowest BCUT2D eigenvalue weighted by Gasteiger charge is -2.07. The van der Waals surface area contributed by atoms with E-state index in [-0.39, 0.29) is 18.0 Å². The second-order valence-electron chi connectivity index (χ2n) is 8.22. The van der Waals surface area contributed by atoms with Crippen LogP contribution in [0.25, 0.3) is 31.7 Å². The van der Waals surface area contributed by atoms with E-state index in [0.29, 0.717) is 15.9 Å². The van der Waals surface area contributed by atoms with Crippen LogP contribution in [0.15, 0.2) is 65.7 Å². The number of aryl methyl sites for hydroxylation is 3. The predicted octanol–water partition coefficient (Wildman–Crippen LogP) is 5.24. The Morgan fingerprint density at radius 2 is 1.79 bits per heavy atom. The van der Waals surface area contributed by atoms with Gasteiger partial charge in [0.05, 0.1) is 17.5 Å². The van der Waals surface area contributed by atoms with E-state index in [0.717, 1.165) is 27.0 Å². The van der Waals surface area contributed by atoms with Crippen molar-refractivity contribution >= 4 is 43.4 Å². The summed E-state index contributed by atoms with van der Waals surface area (Å²) in [5.74, 6) is -0.279. The minimum atomic E-state index is -0.279. The SMILES string of the molecule is Cc1ccc(NC(=O)Cn2cnc3c(sc4nc(-c5ccc(C)c(C)c5)ccc43)c2=O)cc1. The Morgan fingerprint density at radius 1 is 1.00 bits per heavy atom. The van der Waals surface area contributed by atoms with Gasteiger partial charge in [0, 0.05) is 16.6 Å². The van der Waals surface area contributed by atoms with Crippen molar-refractivity contribution in [3.8, 4) is 11.3 Å². The van der Waals surface area contributed by atoms with Crippen LogP contribution < -0.4 is 10.9 Å². The number of amides is 1. The van der Waals surface area contributed by atoms with E-state index in [1.807, 2.05) is 43.3 Å². The summed E-state index contributed by atoms with van der Waals surface area (Å²) in [7, 11) is 0. The molecule has 0 bridgehead atoms. The summed E-state index contributed by atoms with van der Waals surface area (Å²) in [5, 5.41) is 3.66. The zero-order valence-electron chi connectivity index (χ0n) is 18.5. The molecule has 3 heterocycles. The molecule has 33 heavy (non-hydrogen) atoms. The summed E-state index contributed by atoms with van der Waals surface area (Å²) in [6.07, 6.45) is 1.43. The van der Waals surface area contributed by atoms with Crippen LogP contribution in [0, 0.1) is 20.8 Å². The number of aromatic nitrogens is 3.